The summed E-state index contributed by atoms with van der Waals surface area (Å²) in [6, 6.07) is 2.32. The lowest BCUT2D eigenvalue weighted by Gasteiger charge is -2.24. The molecule has 4 nitrogen and oxygen atoms in total. The minimum Gasteiger partial charge on any atom is -0.392 e. The molecule has 1 unspecified atom stereocenters. The first-order valence-corrected chi connectivity index (χ1v) is 9.44. The second kappa shape index (κ2) is 7.22. The standard InChI is InChI=1S/C12H17BrFNO3S2/c1-8(7-19-3)15(2)20(17,18)11-5-10(13)4-9(6-16)12(11)14/h4-5,8,16H,6-7H2,1-3H3. The van der Waals surface area contributed by atoms with Crippen molar-refractivity contribution in [1.82, 2.24) is 4.31 Å². The lowest BCUT2D eigenvalue weighted by Crippen LogP contribution is -2.37. The molecular weight excluding hydrogens is 369 g/mol. The van der Waals surface area contributed by atoms with Crippen LogP contribution in [0.2, 0.25) is 0 Å². The Morgan fingerprint density at radius 2 is 2.10 bits per heavy atom. The van der Waals surface area contributed by atoms with E-state index in [9.17, 15) is 12.8 Å². The Morgan fingerprint density at radius 1 is 1.50 bits per heavy atom. The van der Waals surface area contributed by atoms with Crippen LogP contribution in [0, 0.1) is 5.82 Å². The number of nitrogens with zero attached hydrogens (tertiary/aromatic N) is 1. The fourth-order valence-corrected chi connectivity index (χ4v) is 4.61. The molecule has 0 amide bonds. The zero-order chi connectivity index (χ0) is 15.5. The van der Waals surface area contributed by atoms with Crippen molar-refractivity contribution >= 4 is 37.7 Å². The maximum Gasteiger partial charge on any atom is 0.246 e. The summed E-state index contributed by atoms with van der Waals surface area (Å²) in [4.78, 5) is -0.425. The topological polar surface area (TPSA) is 57.6 Å². The number of hydrogen-bond donors (Lipinski definition) is 1. The average molecular weight is 386 g/mol. The van der Waals surface area contributed by atoms with E-state index in [1.165, 1.54) is 30.9 Å². The van der Waals surface area contributed by atoms with Crippen LogP contribution >= 0.6 is 27.7 Å². The lowest BCUT2D eigenvalue weighted by molar-refractivity contribution is 0.274. The van der Waals surface area contributed by atoms with E-state index in [0.717, 1.165) is 4.31 Å². The van der Waals surface area contributed by atoms with Crippen LogP contribution in [0.4, 0.5) is 4.39 Å². The van der Waals surface area contributed by atoms with Gasteiger partial charge in [-0.15, -0.1) is 0 Å². The summed E-state index contributed by atoms with van der Waals surface area (Å²) in [6.07, 6.45) is 1.88. The highest BCUT2D eigenvalue weighted by Crippen LogP contribution is 2.27. The van der Waals surface area contributed by atoms with Crippen molar-refractivity contribution in [2.24, 2.45) is 0 Å². The Morgan fingerprint density at radius 3 is 2.60 bits per heavy atom. The number of thioether (sulfide) groups is 1. The summed E-state index contributed by atoms with van der Waals surface area (Å²) in [5.41, 5.74) is -0.0520. The highest BCUT2D eigenvalue weighted by atomic mass is 79.9. The first-order valence-electron chi connectivity index (χ1n) is 5.81. The van der Waals surface area contributed by atoms with Crippen molar-refractivity contribution in [3.63, 3.8) is 0 Å². The van der Waals surface area contributed by atoms with E-state index in [1.807, 2.05) is 6.26 Å². The van der Waals surface area contributed by atoms with E-state index in [2.05, 4.69) is 15.9 Å². The quantitative estimate of drug-likeness (QED) is 0.816. The van der Waals surface area contributed by atoms with Gasteiger partial charge >= 0.3 is 0 Å². The van der Waals surface area contributed by atoms with Crippen molar-refractivity contribution in [3.05, 3.63) is 28.0 Å². The van der Waals surface area contributed by atoms with Crippen LogP contribution in [0.25, 0.3) is 0 Å². The maximum absolute atomic E-state index is 14.2. The van der Waals surface area contributed by atoms with Crippen LogP contribution in [0.1, 0.15) is 12.5 Å². The van der Waals surface area contributed by atoms with Gasteiger partial charge < -0.3 is 5.11 Å². The van der Waals surface area contributed by atoms with Gasteiger partial charge in [0.2, 0.25) is 10.0 Å². The molecule has 0 saturated heterocycles. The van der Waals surface area contributed by atoms with Gasteiger partial charge in [0, 0.05) is 28.9 Å². The van der Waals surface area contributed by atoms with E-state index in [-0.39, 0.29) is 11.6 Å². The van der Waals surface area contributed by atoms with Crippen molar-refractivity contribution in [2.45, 2.75) is 24.5 Å². The predicted molar refractivity (Wildman–Crippen MR) is 82.8 cm³/mol. The van der Waals surface area contributed by atoms with Crippen molar-refractivity contribution < 1.29 is 17.9 Å². The zero-order valence-electron chi connectivity index (χ0n) is 11.4. The van der Waals surface area contributed by atoms with Crippen LogP contribution < -0.4 is 0 Å². The molecule has 0 fully saturated rings. The van der Waals surface area contributed by atoms with E-state index in [0.29, 0.717) is 10.2 Å². The molecule has 1 rings (SSSR count). The predicted octanol–water partition coefficient (Wildman–Crippen LogP) is 2.45. The number of sulfonamides is 1. The molecule has 0 aliphatic rings. The Kier molecular flexibility index (Phi) is 6.46. The van der Waals surface area contributed by atoms with Gasteiger partial charge in [-0.05, 0) is 25.3 Å². The Balaban J connectivity index is 3.32. The molecule has 0 radical (unpaired) electrons. The fourth-order valence-electron chi connectivity index (χ4n) is 1.66. The molecular formula is C12H17BrFNO3S2. The summed E-state index contributed by atoms with van der Waals surface area (Å²) >= 11 is 4.65. The van der Waals surface area contributed by atoms with Crippen LogP contribution in [-0.2, 0) is 16.6 Å². The van der Waals surface area contributed by atoms with Gasteiger partial charge in [0.15, 0.2) is 0 Å². The molecule has 0 bridgehead atoms. The minimum atomic E-state index is -3.94. The number of aliphatic hydroxyl groups excluding tert-OH is 1. The van der Waals surface area contributed by atoms with Gasteiger partial charge in [-0.2, -0.15) is 16.1 Å². The van der Waals surface area contributed by atoms with Crippen molar-refractivity contribution in [1.29, 1.82) is 0 Å². The first-order chi connectivity index (χ1) is 9.25. The van der Waals surface area contributed by atoms with E-state index in [1.54, 1.807) is 6.92 Å². The second-order valence-corrected chi connectivity index (χ2v) is 8.15. The number of aliphatic hydroxyl groups is 1. The molecule has 1 N–H and O–H groups in total. The Bertz CT molecular complexity index is 580. The second-order valence-electron chi connectivity index (χ2n) is 4.36. The van der Waals surface area contributed by atoms with Crippen molar-refractivity contribution in [2.75, 3.05) is 19.1 Å². The Hall–Kier alpha value is -0.150. The first kappa shape index (κ1) is 17.9. The van der Waals surface area contributed by atoms with Gasteiger partial charge in [-0.3, -0.25) is 0 Å². The maximum atomic E-state index is 14.2. The molecule has 20 heavy (non-hydrogen) atoms. The third-order valence-corrected chi connectivity index (χ3v) is 6.18. The molecule has 0 aliphatic heterocycles. The summed E-state index contributed by atoms with van der Waals surface area (Å²) in [7, 11) is -2.52. The largest absolute Gasteiger partial charge is 0.392 e. The SMILES string of the molecule is CSCC(C)N(C)S(=O)(=O)c1cc(Br)cc(CO)c1F. The van der Waals surface area contributed by atoms with E-state index in [4.69, 9.17) is 5.11 Å². The molecule has 0 saturated carbocycles. The molecule has 1 aromatic carbocycles. The summed E-state index contributed by atoms with van der Waals surface area (Å²) in [6.45, 7) is 1.20. The minimum absolute atomic E-state index is 0.0520. The smallest absolute Gasteiger partial charge is 0.246 e. The highest BCUT2D eigenvalue weighted by molar-refractivity contribution is 9.10. The molecule has 0 heterocycles. The van der Waals surface area contributed by atoms with Gasteiger partial charge in [-0.1, -0.05) is 15.9 Å². The van der Waals surface area contributed by atoms with Gasteiger partial charge in [-0.25, -0.2) is 12.8 Å². The van der Waals surface area contributed by atoms with Gasteiger partial charge in [0.1, 0.15) is 10.7 Å². The molecule has 0 aromatic heterocycles. The van der Waals surface area contributed by atoms with Crippen LogP contribution in [0.15, 0.2) is 21.5 Å². The van der Waals surface area contributed by atoms with Crippen LogP contribution in [-0.4, -0.2) is 42.9 Å². The normalized spacial score (nSPS) is 13.8. The highest BCUT2D eigenvalue weighted by Gasteiger charge is 2.29. The molecule has 0 aliphatic carbocycles. The van der Waals surface area contributed by atoms with Gasteiger partial charge in [0.05, 0.1) is 6.61 Å². The third kappa shape index (κ3) is 3.73. The molecule has 0 spiro atoms. The number of benzene rings is 1. The number of halogens is 2. The number of hydrogen-bond acceptors (Lipinski definition) is 4. The molecule has 8 heteroatoms. The van der Waals surface area contributed by atoms with Crippen molar-refractivity contribution in [3.8, 4) is 0 Å². The average Bonchev–Trinajstić information content (AvgIpc) is 2.40. The zero-order valence-corrected chi connectivity index (χ0v) is 14.6. The fraction of sp³-hybridized carbons (Fsp3) is 0.500. The molecule has 1 aromatic rings. The van der Waals surface area contributed by atoms with Crippen LogP contribution in [0.5, 0.6) is 0 Å². The van der Waals surface area contributed by atoms with Gasteiger partial charge in [0.25, 0.3) is 0 Å². The Labute approximate surface area is 131 Å². The van der Waals surface area contributed by atoms with E-state index < -0.39 is 27.3 Å². The monoisotopic (exact) mass is 385 g/mol. The molecule has 1 atom stereocenters. The summed E-state index contributed by atoms with van der Waals surface area (Å²) in [5.74, 6) is -0.294. The van der Waals surface area contributed by atoms with E-state index >= 15 is 0 Å². The summed E-state index contributed by atoms with van der Waals surface area (Å²) < 4.78 is 40.7. The summed E-state index contributed by atoms with van der Waals surface area (Å²) in [5, 5.41) is 9.09. The number of rotatable bonds is 6. The molecule has 114 valence electrons. The van der Waals surface area contributed by atoms with Crippen LogP contribution in [0.3, 0.4) is 0 Å². The third-order valence-electron chi connectivity index (χ3n) is 2.94. The lowest BCUT2D eigenvalue weighted by atomic mass is 10.2.